The van der Waals surface area contributed by atoms with Crippen molar-refractivity contribution in [3.05, 3.63) is 58.9 Å². The Morgan fingerprint density at radius 2 is 1.89 bits per heavy atom. The number of fused-ring (bicyclic) bond motifs is 1. The Balaban J connectivity index is 1.83. The fourth-order valence-corrected chi connectivity index (χ4v) is 4.71. The second-order valence-electron chi connectivity index (χ2n) is 6.80. The number of aromatic nitrogens is 2. The largest absolute Gasteiger partial charge is 0.494 e. The fraction of sp³-hybridized carbons (Fsp3) is 0.318. The topological polar surface area (TPSA) is 61.2 Å². The van der Waals surface area contributed by atoms with Gasteiger partial charge in [-0.15, -0.1) is 0 Å². The molecule has 0 spiro atoms. The van der Waals surface area contributed by atoms with Crippen LogP contribution in [-0.2, 0) is 4.79 Å². The van der Waals surface area contributed by atoms with E-state index in [1.54, 1.807) is 10.6 Å². The molecule has 0 N–H and O–H groups in total. The molecule has 1 heterocycles. The third-order valence-electron chi connectivity index (χ3n) is 4.90. The molecule has 1 fully saturated rings. The maximum Gasteiger partial charge on any atom is 0.266 e. The van der Waals surface area contributed by atoms with Crippen LogP contribution in [0.25, 0.3) is 16.6 Å². The first-order valence-corrected chi connectivity index (χ1v) is 10.5. The van der Waals surface area contributed by atoms with Gasteiger partial charge in [0.25, 0.3) is 5.56 Å². The Labute approximate surface area is 167 Å². The number of hydrogen-bond donors (Lipinski definition) is 0. The highest BCUT2D eigenvalue weighted by molar-refractivity contribution is 8.00. The van der Waals surface area contributed by atoms with Crippen LogP contribution in [0.2, 0.25) is 0 Å². The number of para-hydroxylation sites is 1. The first kappa shape index (κ1) is 18.7. The normalized spacial score (nSPS) is 17.0. The standard InChI is InChI=1S/C22H22N2O3S/c1-2-27-16-13-11-15(12-14-16)24-21(26)17-7-3-4-8-18(17)23-22(24)28-20-10-6-5-9-19(20)25/h3-4,7-8,11-14,20H,2,5-6,9-10H2,1H3. The average Bonchev–Trinajstić information content (AvgIpc) is 2.71. The Bertz CT molecular complexity index is 1060. The molecule has 28 heavy (non-hydrogen) atoms. The van der Waals surface area contributed by atoms with Crippen molar-refractivity contribution in [3.8, 4) is 11.4 Å². The zero-order valence-corrected chi connectivity index (χ0v) is 16.6. The van der Waals surface area contributed by atoms with E-state index in [4.69, 9.17) is 9.72 Å². The number of thioether (sulfide) groups is 1. The van der Waals surface area contributed by atoms with E-state index in [-0.39, 0.29) is 16.6 Å². The molecule has 0 aliphatic heterocycles. The molecule has 0 bridgehead atoms. The van der Waals surface area contributed by atoms with Crippen LogP contribution in [0.1, 0.15) is 32.6 Å². The predicted octanol–water partition coefficient (Wildman–Crippen LogP) is 4.39. The van der Waals surface area contributed by atoms with Gasteiger partial charge in [-0.1, -0.05) is 30.3 Å². The SMILES string of the molecule is CCOc1ccc(-n2c(SC3CCCCC3=O)nc3ccccc3c2=O)cc1. The number of ketones is 1. The van der Waals surface area contributed by atoms with Crippen molar-refractivity contribution in [1.82, 2.24) is 9.55 Å². The quantitative estimate of drug-likeness (QED) is 0.601. The van der Waals surface area contributed by atoms with E-state index in [9.17, 15) is 9.59 Å². The van der Waals surface area contributed by atoms with Gasteiger partial charge in [-0.05, 0) is 56.2 Å². The monoisotopic (exact) mass is 394 g/mol. The van der Waals surface area contributed by atoms with Crippen LogP contribution in [0.3, 0.4) is 0 Å². The first-order chi connectivity index (χ1) is 13.7. The average molecular weight is 394 g/mol. The van der Waals surface area contributed by atoms with Gasteiger partial charge in [0.05, 0.1) is 28.4 Å². The lowest BCUT2D eigenvalue weighted by Gasteiger charge is -2.21. The molecule has 2 aromatic carbocycles. The summed E-state index contributed by atoms with van der Waals surface area (Å²) >= 11 is 1.41. The lowest BCUT2D eigenvalue weighted by atomic mass is 9.99. The maximum absolute atomic E-state index is 13.3. The number of nitrogens with zero attached hydrogens (tertiary/aromatic N) is 2. The molecular weight excluding hydrogens is 372 g/mol. The minimum Gasteiger partial charge on any atom is -0.494 e. The van der Waals surface area contributed by atoms with Gasteiger partial charge in [0.1, 0.15) is 11.5 Å². The van der Waals surface area contributed by atoms with Crippen molar-refractivity contribution >= 4 is 28.4 Å². The van der Waals surface area contributed by atoms with Gasteiger partial charge in [0.2, 0.25) is 0 Å². The van der Waals surface area contributed by atoms with Crippen LogP contribution in [0, 0.1) is 0 Å². The molecule has 1 aliphatic rings. The van der Waals surface area contributed by atoms with Crippen LogP contribution < -0.4 is 10.3 Å². The van der Waals surface area contributed by atoms with Crippen molar-refractivity contribution in [2.75, 3.05) is 6.61 Å². The van der Waals surface area contributed by atoms with Gasteiger partial charge >= 0.3 is 0 Å². The summed E-state index contributed by atoms with van der Waals surface area (Å²) in [5.74, 6) is 1.00. The molecular formula is C22H22N2O3S. The summed E-state index contributed by atoms with van der Waals surface area (Å²) < 4.78 is 7.13. The van der Waals surface area contributed by atoms with E-state index in [0.717, 1.165) is 30.7 Å². The van der Waals surface area contributed by atoms with Crippen molar-refractivity contribution in [2.45, 2.75) is 43.0 Å². The van der Waals surface area contributed by atoms with Gasteiger partial charge < -0.3 is 4.74 Å². The fourth-order valence-electron chi connectivity index (χ4n) is 3.48. The van der Waals surface area contributed by atoms with E-state index >= 15 is 0 Å². The van der Waals surface area contributed by atoms with E-state index in [1.165, 1.54) is 11.8 Å². The lowest BCUT2D eigenvalue weighted by Crippen LogP contribution is -2.26. The molecule has 4 rings (SSSR count). The summed E-state index contributed by atoms with van der Waals surface area (Å²) in [5.41, 5.74) is 1.25. The summed E-state index contributed by atoms with van der Waals surface area (Å²) in [6.07, 6.45) is 3.42. The molecule has 5 nitrogen and oxygen atoms in total. The van der Waals surface area contributed by atoms with Crippen LogP contribution in [0.5, 0.6) is 5.75 Å². The summed E-state index contributed by atoms with van der Waals surface area (Å²) in [5, 5.41) is 0.986. The number of carbonyl (C=O) groups is 1. The lowest BCUT2D eigenvalue weighted by molar-refractivity contribution is -0.119. The molecule has 1 unspecified atom stereocenters. The highest BCUT2D eigenvalue weighted by Gasteiger charge is 2.26. The van der Waals surface area contributed by atoms with Crippen LogP contribution in [0.15, 0.2) is 58.5 Å². The predicted molar refractivity (Wildman–Crippen MR) is 112 cm³/mol. The molecule has 144 valence electrons. The van der Waals surface area contributed by atoms with Gasteiger partial charge in [0.15, 0.2) is 5.16 Å². The second-order valence-corrected chi connectivity index (χ2v) is 7.97. The maximum atomic E-state index is 13.3. The van der Waals surface area contributed by atoms with Crippen LogP contribution >= 0.6 is 11.8 Å². The number of benzene rings is 2. The number of rotatable bonds is 5. The third-order valence-corrected chi connectivity index (χ3v) is 6.16. The Morgan fingerprint density at radius 1 is 1.11 bits per heavy atom. The van der Waals surface area contributed by atoms with Gasteiger partial charge in [0, 0.05) is 6.42 Å². The summed E-state index contributed by atoms with van der Waals surface area (Å²) in [6.45, 7) is 2.52. The minimum absolute atomic E-state index is 0.125. The smallest absolute Gasteiger partial charge is 0.266 e. The second kappa shape index (κ2) is 8.19. The minimum atomic E-state index is -0.143. The van der Waals surface area contributed by atoms with Crippen LogP contribution in [0.4, 0.5) is 0 Å². The Hall–Kier alpha value is -2.60. The highest BCUT2D eigenvalue weighted by atomic mass is 32.2. The Kier molecular flexibility index (Phi) is 5.48. The molecule has 1 aliphatic carbocycles. The summed E-state index contributed by atoms with van der Waals surface area (Å²) in [7, 11) is 0. The van der Waals surface area contributed by atoms with E-state index in [1.807, 2.05) is 49.4 Å². The van der Waals surface area contributed by atoms with Gasteiger partial charge in [-0.25, -0.2) is 4.98 Å². The zero-order valence-electron chi connectivity index (χ0n) is 15.8. The molecule has 3 aromatic rings. The first-order valence-electron chi connectivity index (χ1n) is 9.62. The van der Waals surface area contributed by atoms with E-state index < -0.39 is 0 Å². The Morgan fingerprint density at radius 3 is 2.64 bits per heavy atom. The van der Waals surface area contributed by atoms with E-state index in [0.29, 0.717) is 29.1 Å². The van der Waals surface area contributed by atoms with Gasteiger partial charge in [-0.3, -0.25) is 14.2 Å². The number of carbonyl (C=O) groups excluding carboxylic acids is 1. The third kappa shape index (κ3) is 3.69. The molecule has 1 atom stereocenters. The number of hydrogen-bond acceptors (Lipinski definition) is 5. The molecule has 0 amide bonds. The molecule has 6 heteroatoms. The van der Waals surface area contributed by atoms with Crippen molar-refractivity contribution in [2.24, 2.45) is 0 Å². The van der Waals surface area contributed by atoms with Crippen molar-refractivity contribution in [1.29, 1.82) is 0 Å². The molecule has 0 radical (unpaired) electrons. The number of Topliss-reactive ketones (excluding diaryl/α,β-unsaturated/α-hetero) is 1. The van der Waals surface area contributed by atoms with E-state index in [2.05, 4.69) is 0 Å². The molecule has 0 saturated heterocycles. The van der Waals surface area contributed by atoms with Crippen molar-refractivity contribution in [3.63, 3.8) is 0 Å². The highest BCUT2D eigenvalue weighted by Crippen LogP contribution is 2.32. The summed E-state index contributed by atoms with van der Waals surface area (Å²) in [6, 6.07) is 14.7. The van der Waals surface area contributed by atoms with Gasteiger partial charge in [-0.2, -0.15) is 0 Å². The molecule has 1 aromatic heterocycles. The van der Waals surface area contributed by atoms with Crippen LogP contribution in [-0.4, -0.2) is 27.2 Å². The van der Waals surface area contributed by atoms with Crippen molar-refractivity contribution < 1.29 is 9.53 Å². The summed E-state index contributed by atoms with van der Waals surface area (Å²) in [4.78, 5) is 30.4. The zero-order chi connectivity index (χ0) is 19.5. The molecule has 1 saturated carbocycles. The number of ether oxygens (including phenoxy) is 1.